The molecule has 2 rings (SSSR count). The first kappa shape index (κ1) is 12.6. The highest BCUT2D eigenvalue weighted by molar-refractivity contribution is 9.10. The van der Waals surface area contributed by atoms with E-state index in [1.807, 2.05) is 18.4 Å². The number of anilines is 1. The van der Waals surface area contributed by atoms with E-state index in [9.17, 15) is 4.79 Å². The second-order valence-corrected chi connectivity index (χ2v) is 5.59. The Morgan fingerprint density at radius 2 is 2.24 bits per heavy atom. The van der Waals surface area contributed by atoms with E-state index in [-0.39, 0.29) is 5.91 Å². The van der Waals surface area contributed by atoms with Gasteiger partial charge < -0.3 is 5.32 Å². The number of thiophene rings is 1. The molecule has 1 heterocycles. The standard InChI is InChI=1S/C12H9BrClNOS/c1-7-4-9(13)11(5-10(7)14)15-12(16)8-2-3-17-6-8/h2-6H,1H3,(H,15,16). The monoisotopic (exact) mass is 329 g/mol. The minimum Gasteiger partial charge on any atom is -0.321 e. The molecule has 0 unspecified atom stereocenters. The summed E-state index contributed by atoms with van der Waals surface area (Å²) in [7, 11) is 0. The number of nitrogens with one attached hydrogen (secondary N) is 1. The predicted molar refractivity (Wildman–Crippen MR) is 76.2 cm³/mol. The van der Waals surface area contributed by atoms with Gasteiger partial charge in [-0.15, -0.1) is 0 Å². The van der Waals surface area contributed by atoms with Crippen molar-refractivity contribution in [2.45, 2.75) is 6.92 Å². The van der Waals surface area contributed by atoms with Crippen molar-refractivity contribution >= 4 is 50.5 Å². The van der Waals surface area contributed by atoms with Crippen LogP contribution >= 0.6 is 38.9 Å². The Labute approximate surface area is 117 Å². The highest BCUT2D eigenvalue weighted by Crippen LogP contribution is 2.29. The summed E-state index contributed by atoms with van der Waals surface area (Å²) in [5.41, 5.74) is 2.29. The fourth-order valence-electron chi connectivity index (χ4n) is 1.33. The first-order valence-electron chi connectivity index (χ1n) is 4.87. The topological polar surface area (TPSA) is 29.1 Å². The molecule has 0 bridgehead atoms. The molecule has 1 aromatic heterocycles. The summed E-state index contributed by atoms with van der Waals surface area (Å²) < 4.78 is 0.822. The second kappa shape index (κ2) is 5.21. The van der Waals surface area contributed by atoms with Gasteiger partial charge in [-0.05, 0) is 52.0 Å². The van der Waals surface area contributed by atoms with Gasteiger partial charge in [-0.1, -0.05) is 11.6 Å². The van der Waals surface area contributed by atoms with Crippen molar-refractivity contribution in [2.24, 2.45) is 0 Å². The van der Waals surface area contributed by atoms with Gasteiger partial charge >= 0.3 is 0 Å². The smallest absolute Gasteiger partial charge is 0.256 e. The number of aryl methyl sites for hydroxylation is 1. The maximum atomic E-state index is 11.9. The van der Waals surface area contributed by atoms with Crippen LogP contribution in [0.2, 0.25) is 5.02 Å². The molecule has 5 heteroatoms. The lowest BCUT2D eigenvalue weighted by molar-refractivity contribution is 0.102. The van der Waals surface area contributed by atoms with Crippen LogP contribution in [0.1, 0.15) is 15.9 Å². The summed E-state index contributed by atoms with van der Waals surface area (Å²) in [5, 5.41) is 7.12. The minimum atomic E-state index is -0.133. The number of halogens is 2. The zero-order chi connectivity index (χ0) is 12.4. The summed E-state index contributed by atoms with van der Waals surface area (Å²) in [6.45, 7) is 1.91. The van der Waals surface area contributed by atoms with E-state index in [4.69, 9.17) is 11.6 Å². The number of carbonyl (C=O) groups excluding carboxylic acids is 1. The molecule has 17 heavy (non-hydrogen) atoms. The van der Waals surface area contributed by atoms with Crippen LogP contribution in [0, 0.1) is 6.92 Å². The Hall–Kier alpha value is -0.840. The highest BCUT2D eigenvalue weighted by atomic mass is 79.9. The summed E-state index contributed by atoms with van der Waals surface area (Å²) >= 11 is 10.9. The molecule has 88 valence electrons. The van der Waals surface area contributed by atoms with E-state index >= 15 is 0 Å². The fourth-order valence-corrected chi connectivity index (χ4v) is 2.69. The second-order valence-electron chi connectivity index (χ2n) is 3.55. The lowest BCUT2D eigenvalue weighted by atomic mass is 10.2. The van der Waals surface area contributed by atoms with Crippen LogP contribution in [0.5, 0.6) is 0 Å². The molecule has 0 atom stereocenters. The third-order valence-corrected chi connectivity index (χ3v) is 4.03. The quantitative estimate of drug-likeness (QED) is 0.847. The maximum absolute atomic E-state index is 11.9. The Bertz CT molecular complexity index is 554. The average Bonchev–Trinajstić information content (AvgIpc) is 2.79. The number of hydrogen-bond donors (Lipinski definition) is 1. The van der Waals surface area contributed by atoms with Gasteiger partial charge in [0.05, 0.1) is 11.3 Å². The molecule has 0 spiro atoms. The van der Waals surface area contributed by atoms with E-state index in [0.717, 1.165) is 10.0 Å². The van der Waals surface area contributed by atoms with E-state index < -0.39 is 0 Å². The summed E-state index contributed by atoms with van der Waals surface area (Å²) in [4.78, 5) is 11.9. The molecule has 2 nitrogen and oxygen atoms in total. The normalized spacial score (nSPS) is 10.3. The third kappa shape index (κ3) is 2.89. The Morgan fingerprint density at radius 3 is 2.88 bits per heavy atom. The van der Waals surface area contributed by atoms with Crippen molar-refractivity contribution < 1.29 is 4.79 Å². The molecule has 0 aliphatic rings. The maximum Gasteiger partial charge on any atom is 0.256 e. The van der Waals surface area contributed by atoms with Gasteiger partial charge in [0.25, 0.3) is 5.91 Å². The average molecular weight is 331 g/mol. The molecule has 0 aliphatic heterocycles. The van der Waals surface area contributed by atoms with Crippen molar-refractivity contribution in [1.82, 2.24) is 0 Å². The van der Waals surface area contributed by atoms with Crippen LogP contribution in [0.25, 0.3) is 0 Å². The van der Waals surface area contributed by atoms with Gasteiger partial charge in [0.15, 0.2) is 0 Å². The summed E-state index contributed by atoms with van der Waals surface area (Å²) in [5.74, 6) is -0.133. The van der Waals surface area contributed by atoms with Crippen molar-refractivity contribution in [3.05, 3.63) is 49.6 Å². The number of carbonyl (C=O) groups is 1. The van der Waals surface area contributed by atoms with Gasteiger partial charge in [0.2, 0.25) is 0 Å². The van der Waals surface area contributed by atoms with Crippen LogP contribution in [0.3, 0.4) is 0 Å². The zero-order valence-corrected chi connectivity index (χ0v) is 12.1. The van der Waals surface area contributed by atoms with Crippen LogP contribution in [-0.2, 0) is 0 Å². The molecule has 0 saturated heterocycles. The molecular formula is C12H9BrClNOS. The van der Waals surface area contributed by atoms with E-state index in [1.165, 1.54) is 11.3 Å². The molecular weight excluding hydrogens is 322 g/mol. The van der Waals surface area contributed by atoms with Crippen molar-refractivity contribution in [2.75, 3.05) is 5.32 Å². The molecule has 0 radical (unpaired) electrons. The molecule has 1 N–H and O–H groups in total. The predicted octanol–water partition coefficient (Wildman–Crippen LogP) is 4.72. The van der Waals surface area contributed by atoms with Crippen LogP contribution in [0.15, 0.2) is 33.4 Å². The fraction of sp³-hybridized carbons (Fsp3) is 0.0833. The molecule has 2 aromatic rings. The van der Waals surface area contributed by atoms with Crippen LogP contribution in [0.4, 0.5) is 5.69 Å². The lowest BCUT2D eigenvalue weighted by Crippen LogP contribution is -2.11. The van der Waals surface area contributed by atoms with Crippen molar-refractivity contribution in [3.8, 4) is 0 Å². The molecule has 0 aliphatic carbocycles. The van der Waals surface area contributed by atoms with Gasteiger partial charge in [-0.3, -0.25) is 4.79 Å². The first-order chi connectivity index (χ1) is 8.08. The highest BCUT2D eigenvalue weighted by Gasteiger charge is 2.10. The van der Waals surface area contributed by atoms with Crippen molar-refractivity contribution in [3.63, 3.8) is 0 Å². The third-order valence-electron chi connectivity index (χ3n) is 2.28. The zero-order valence-electron chi connectivity index (χ0n) is 8.96. The Kier molecular flexibility index (Phi) is 3.86. The van der Waals surface area contributed by atoms with Crippen LogP contribution < -0.4 is 5.32 Å². The van der Waals surface area contributed by atoms with Gasteiger partial charge in [0, 0.05) is 14.9 Å². The Balaban J connectivity index is 2.25. The Morgan fingerprint density at radius 1 is 1.47 bits per heavy atom. The molecule has 0 saturated carbocycles. The molecule has 0 fully saturated rings. The number of benzene rings is 1. The minimum absolute atomic E-state index is 0.133. The van der Waals surface area contributed by atoms with Gasteiger partial charge in [-0.2, -0.15) is 11.3 Å². The SMILES string of the molecule is Cc1cc(Br)c(NC(=O)c2ccsc2)cc1Cl. The first-order valence-corrected chi connectivity index (χ1v) is 6.98. The number of amides is 1. The number of hydrogen-bond acceptors (Lipinski definition) is 2. The van der Waals surface area contributed by atoms with Gasteiger partial charge in [0.1, 0.15) is 0 Å². The number of rotatable bonds is 2. The van der Waals surface area contributed by atoms with Crippen LogP contribution in [-0.4, -0.2) is 5.91 Å². The molecule has 1 amide bonds. The van der Waals surface area contributed by atoms with E-state index in [1.54, 1.807) is 17.5 Å². The van der Waals surface area contributed by atoms with Gasteiger partial charge in [-0.25, -0.2) is 0 Å². The largest absolute Gasteiger partial charge is 0.321 e. The van der Waals surface area contributed by atoms with Crippen molar-refractivity contribution in [1.29, 1.82) is 0 Å². The summed E-state index contributed by atoms with van der Waals surface area (Å²) in [6, 6.07) is 5.40. The lowest BCUT2D eigenvalue weighted by Gasteiger charge is -2.08. The summed E-state index contributed by atoms with van der Waals surface area (Å²) in [6.07, 6.45) is 0. The van der Waals surface area contributed by atoms with E-state index in [2.05, 4.69) is 21.2 Å². The molecule has 1 aromatic carbocycles. The van der Waals surface area contributed by atoms with E-state index in [0.29, 0.717) is 16.3 Å².